The number of benzene rings is 2. The second-order valence-corrected chi connectivity index (χ2v) is 10.1. The lowest BCUT2D eigenvalue weighted by Gasteiger charge is -2.41. The molecule has 2 aromatic carbocycles. The van der Waals surface area contributed by atoms with Gasteiger partial charge in [0.05, 0.1) is 44.2 Å². The monoisotopic (exact) mass is 536 g/mol. The van der Waals surface area contributed by atoms with E-state index in [9.17, 15) is 13.6 Å². The highest BCUT2D eigenvalue weighted by atomic mass is 19.2. The van der Waals surface area contributed by atoms with Gasteiger partial charge >= 0.3 is 6.03 Å². The van der Waals surface area contributed by atoms with E-state index < -0.39 is 17.7 Å². The van der Waals surface area contributed by atoms with E-state index in [-0.39, 0.29) is 11.7 Å². The summed E-state index contributed by atoms with van der Waals surface area (Å²) in [4.78, 5) is 27.2. The number of anilines is 3. The number of nitrogens with zero attached hydrogens (tertiary/aromatic N) is 4. The molecule has 3 aliphatic rings. The van der Waals surface area contributed by atoms with Crippen molar-refractivity contribution in [3.63, 3.8) is 0 Å². The molecule has 204 valence electrons. The molecule has 0 spiro atoms. The van der Waals surface area contributed by atoms with E-state index >= 15 is 0 Å². The number of hydrogen-bond donors (Lipinski definition) is 2. The van der Waals surface area contributed by atoms with Crippen LogP contribution in [0.25, 0.3) is 11.4 Å². The molecule has 9 nitrogen and oxygen atoms in total. The molecular formula is C28H30F2N6O3. The summed E-state index contributed by atoms with van der Waals surface area (Å²) in [6.07, 6.45) is 0.890. The van der Waals surface area contributed by atoms with Crippen LogP contribution in [-0.2, 0) is 22.4 Å². The van der Waals surface area contributed by atoms with Gasteiger partial charge in [-0.2, -0.15) is 0 Å². The van der Waals surface area contributed by atoms with Crippen molar-refractivity contribution in [2.45, 2.75) is 32.0 Å². The Hall–Kier alpha value is -3.67. The minimum atomic E-state index is -1.03. The lowest BCUT2D eigenvalue weighted by atomic mass is 10.0. The second-order valence-electron chi connectivity index (χ2n) is 10.1. The molecule has 3 aromatic rings. The molecule has 1 atom stereocenters. The minimum Gasteiger partial charge on any atom is -0.378 e. The van der Waals surface area contributed by atoms with Gasteiger partial charge in [-0.1, -0.05) is 0 Å². The van der Waals surface area contributed by atoms with E-state index in [1.54, 1.807) is 12.1 Å². The van der Waals surface area contributed by atoms with Gasteiger partial charge in [-0.05, 0) is 49.7 Å². The molecule has 0 unspecified atom stereocenters. The first-order valence-electron chi connectivity index (χ1n) is 13.1. The van der Waals surface area contributed by atoms with E-state index in [1.165, 1.54) is 11.6 Å². The molecule has 4 heterocycles. The third-order valence-electron chi connectivity index (χ3n) is 7.43. The fourth-order valence-corrected chi connectivity index (χ4v) is 5.16. The van der Waals surface area contributed by atoms with Gasteiger partial charge in [0.2, 0.25) is 0 Å². The number of ether oxygens (including phenoxy) is 2. The highest BCUT2D eigenvalue weighted by Gasteiger charge is 2.33. The Morgan fingerprint density at radius 3 is 2.44 bits per heavy atom. The molecule has 3 aliphatic heterocycles. The predicted molar refractivity (Wildman–Crippen MR) is 143 cm³/mol. The summed E-state index contributed by atoms with van der Waals surface area (Å²) >= 11 is 0. The summed E-state index contributed by atoms with van der Waals surface area (Å²) < 4.78 is 37.7. The molecular weight excluding hydrogens is 506 g/mol. The maximum Gasteiger partial charge on any atom is 0.323 e. The van der Waals surface area contributed by atoms with Crippen molar-refractivity contribution >= 4 is 23.2 Å². The maximum atomic E-state index is 13.4. The van der Waals surface area contributed by atoms with Crippen LogP contribution in [0.1, 0.15) is 18.2 Å². The van der Waals surface area contributed by atoms with Crippen LogP contribution in [0.2, 0.25) is 0 Å². The van der Waals surface area contributed by atoms with Gasteiger partial charge in [-0.3, -0.25) is 4.90 Å². The van der Waals surface area contributed by atoms with Gasteiger partial charge in [-0.15, -0.1) is 0 Å². The minimum absolute atomic E-state index is 0.151. The standard InChI is InChI=1S/C28H30F2N6O3/c1-17-14-38-11-10-36(17)27-22-8-9-35(21-15-39-16-21)13-25(22)33-26(34-27)18-2-4-19(5-3-18)31-28(37)32-20-6-7-23(29)24(30)12-20/h2-7,12,17,21H,8-11,13-16H2,1H3,(H2,31,32,37)/t17-/m0/s1. The van der Waals surface area contributed by atoms with Gasteiger partial charge in [0, 0.05) is 48.2 Å². The maximum absolute atomic E-state index is 13.4. The molecule has 6 rings (SSSR count). The number of carbonyl (C=O) groups excluding carboxylic acids is 1. The number of carbonyl (C=O) groups is 1. The smallest absolute Gasteiger partial charge is 0.323 e. The summed E-state index contributed by atoms with van der Waals surface area (Å²) in [6.45, 7) is 7.50. The Balaban J connectivity index is 1.23. The van der Waals surface area contributed by atoms with E-state index in [2.05, 4.69) is 27.4 Å². The summed E-state index contributed by atoms with van der Waals surface area (Å²) in [5, 5.41) is 5.20. The van der Waals surface area contributed by atoms with Crippen molar-refractivity contribution in [2.75, 3.05) is 55.1 Å². The number of fused-ring (bicyclic) bond motifs is 1. The summed E-state index contributed by atoms with van der Waals surface area (Å²) in [5.41, 5.74) is 3.76. The summed E-state index contributed by atoms with van der Waals surface area (Å²) in [6, 6.07) is 10.5. The Labute approximate surface area is 225 Å². The van der Waals surface area contributed by atoms with Crippen molar-refractivity contribution in [3.05, 3.63) is 65.4 Å². The zero-order valence-corrected chi connectivity index (χ0v) is 21.6. The van der Waals surface area contributed by atoms with Crippen molar-refractivity contribution in [1.29, 1.82) is 0 Å². The van der Waals surface area contributed by atoms with E-state index in [0.717, 1.165) is 68.5 Å². The Bertz CT molecular complexity index is 1370. The van der Waals surface area contributed by atoms with Crippen LogP contribution in [0.5, 0.6) is 0 Å². The van der Waals surface area contributed by atoms with Gasteiger partial charge in [0.15, 0.2) is 17.5 Å². The Morgan fingerprint density at radius 2 is 1.72 bits per heavy atom. The number of urea groups is 1. The van der Waals surface area contributed by atoms with Crippen LogP contribution in [0.3, 0.4) is 0 Å². The van der Waals surface area contributed by atoms with Crippen molar-refractivity contribution in [1.82, 2.24) is 14.9 Å². The van der Waals surface area contributed by atoms with E-state index in [1.807, 2.05) is 12.1 Å². The molecule has 0 bridgehead atoms. The number of morpholine rings is 1. The van der Waals surface area contributed by atoms with Gasteiger partial charge in [0.1, 0.15) is 5.82 Å². The fourth-order valence-electron chi connectivity index (χ4n) is 5.16. The molecule has 2 amide bonds. The lowest BCUT2D eigenvalue weighted by Crippen LogP contribution is -2.51. The Kier molecular flexibility index (Phi) is 7.11. The SMILES string of the molecule is C[C@H]1COCCN1c1nc(-c2ccc(NC(=O)Nc3ccc(F)c(F)c3)cc2)nc2c1CCN(C1COC1)C2. The van der Waals surface area contributed by atoms with Crippen molar-refractivity contribution < 1.29 is 23.0 Å². The Morgan fingerprint density at radius 1 is 0.949 bits per heavy atom. The van der Waals surface area contributed by atoms with Crippen molar-refractivity contribution in [3.8, 4) is 11.4 Å². The molecule has 2 fully saturated rings. The highest BCUT2D eigenvalue weighted by molar-refractivity contribution is 5.99. The van der Waals surface area contributed by atoms with Crippen LogP contribution in [0, 0.1) is 11.6 Å². The second kappa shape index (κ2) is 10.8. The molecule has 11 heteroatoms. The number of nitrogens with one attached hydrogen (secondary N) is 2. The normalized spacial score (nSPS) is 19.8. The number of amides is 2. The highest BCUT2D eigenvalue weighted by Crippen LogP contribution is 2.33. The number of halogens is 2. The molecule has 39 heavy (non-hydrogen) atoms. The molecule has 2 N–H and O–H groups in total. The van der Waals surface area contributed by atoms with Gasteiger partial charge in [-0.25, -0.2) is 23.5 Å². The number of hydrogen-bond acceptors (Lipinski definition) is 7. The zero-order chi connectivity index (χ0) is 26.9. The van der Waals surface area contributed by atoms with E-state index in [4.69, 9.17) is 19.4 Å². The molecule has 2 saturated heterocycles. The number of rotatable bonds is 5. The first kappa shape index (κ1) is 25.6. The van der Waals surface area contributed by atoms with Crippen LogP contribution in [0.15, 0.2) is 42.5 Å². The fraction of sp³-hybridized carbons (Fsp3) is 0.393. The predicted octanol–water partition coefficient (Wildman–Crippen LogP) is 4.05. The van der Waals surface area contributed by atoms with Gasteiger partial charge in [0.25, 0.3) is 0 Å². The average molecular weight is 537 g/mol. The third kappa shape index (κ3) is 5.42. The average Bonchev–Trinajstić information content (AvgIpc) is 2.90. The van der Waals surface area contributed by atoms with Gasteiger partial charge < -0.3 is 25.0 Å². The molecule has 0 saturated carbocycles. The molecule has 1 aromatic heterocycles. The van der Waals surface area contributed by atoms with Crippen molar-refractivity contribution in [2.24, 2.45) is 0 Å². The topological polar surface area (TPSA) is 91.8 Å². The van der Waals surface area contributed by atoms with Crippen LogP contribution < -0.4 is 15.5 Å². The first-order valence-corrected chi connectivity index (χ1v) is 13.1. The van der Waals surface area contributed by atoms with Crippen LogP contribution in [-0.4, -0.2) is 72.5 Å². The zero-order valence-electron chi connectivity index (χ0n) is 21.6. The summed E-state index contributed by atoms with van der Waals surface area (Å²) in [7, 11) is 0. The summed E-state index contributed by atoms with van der Waals surface area (Å²) in [5.74, 6) is -0.399. The molecule has 0 aliphatic carbocycles. The largest absolute Gasteiger partial charge is 0.378 e. The van der Waals surface area contributed by atoms with E-state index in [0.29, 0.717) is 30.8 Å². The van der Waals surface area contributed by atoms with Crippen LogP contribution in [0.4, 0.5) is 30.8 Å². The quantitative estimate of drug-likeness (QED) is 0.509. The van der Waals surface area contributed by atoms with Crippen LogP contribution >= 0.6 is 0 Å². The molecule has 0 radical (unpaired) electrons. The number of aromatic nitrogens is 2. The lowest BCUT2D eigenvalue weighted by molar-refractivity contribution is -0.0699. The third-order valence-corrected chi connectivity index (χ3v) is 7.43. The first-order chi connectivity index (χ1) is 18.9.